The van der Waals surface area contributed by atoms with Gasteiger partial charge in [0.05, 0.1) is 10.6 Å². The molecule has 3 aromatic rings. The second kappa shape index (κ2) is 9.61. The van der Waals surface area contributed by atoms with Crippen molar-refractivity contribution in [2.75, 3.05) is 11.3 Å². The van der Waals surface area contributed by atoms with Crippen molar-refractivity contribution < 1.29 is 17.9 Å². The Morgan fingerprint density at radius 3 is 2.65 bits per heavy atom. The summed E-state index contributed by atoms with van der Waals surface area (Å²) in [5.41, 5.74) is 2.15. The van der Waals surface area contributed by atoms with E-state index in [-0.39, 0.29) is 16.7 Å². The van der Waals surface area contributed by atoms with Crippen LogP contribution >= 0.6 is 0 Å². The molecule has 0 bridgehead atoms. The lowest BCUT2D eigenvalue weighted by molar-refractivity contribution is 0.0950. The lowest BCUT2D eigenvalue weighted by atomic mass is 10.2. The predicted molar refractivity (Wildman–Crippen MR) is 120 cm³/mol. The van der Waals surface area contributed by atoms with E-state index in [1.54, 1.807) is 55.5 Å². The molecule has 1 aromatic heterocycles. The van der Waals surface area contributed by atoms with Crippen molar-refractivity contribution in [3.05, 3.63) is 77.5 Å². The van der Waals surface area contributed by atoms with Gasteiger partial charge in [0.15, 0.2) is 0 Å². The van der Waals surface area contributed by atoms with E-state index in [1.807, 2.05) is 19.9 Å². The molecule has 0 spiro atoms. The number of benzene rings is 2. The largest absolute Gasteiger partial charge is 0.438 e. The average molecular weight is 440 g/mol. The molecule has 7 nitrogen and oxygen atoms in total. The molecular formula is C23H25N3O4S. The maximum Gasteiger partial charge on any atom is 0.262 e. The monoisotopic (exact) mass is 439 g/mol. The minimum absolute atomic E-state index is 0.144. The van der Waals surface area contributed by atoms with Crippen molar-refractivity contribution in [3.8, 4) is 11.6 Å². The number of carbonyl (C=O) groups is 1. The van der Waals surface area contributed by atoms with Gasteiger partial charge in [-0.1, -0.05) is 25.1 Å². The highest BCUT2D eigenvalue weighted by molar-refractivity contribution is 7.92. The van der Waals surface area contributed by atoms with Crippen LogP contribution in [0.4, 0.5) is 5.69 Å². The number of aromatic nitrogens is 1. The number of rotatable bonds is 8. The molecule has 2 N–H and O–H groups in total. The molecule has 0 saturated carbocycles. The van der Waals surface area contributed by atoms with Gasteiger partial charge in [-0.25, -0.2) is 13.4 Å². The van der Waals surface area contributed by atoms with Crippen molar-refractivity contribution >= 4 is 21.6 Å². The van der Waals surface area contributed by atoms with Crippen LogP contribution in [0.1, 0.15) is 34.8 Å². The Balaban J connectivity index is 1.83. The van der Waals surface area contributed by atoms with E-state index < -0.39 is 10.0 Å². The second-order valence-corrected chi connectivity index (χ2v) is 8.77. The molecule has 1 amide bonds. The number of amides is 1. The van der Waals surface area contributed by atoms with Crippen molar-refractivity contribution in [1.29, 1.82) is 0 Å². The van der Waals surface area contributed by atoms with E-state index in [9.17, 15) is 13.2 Å². The predicted octanol–water partition coefficient (Wildman–Crippen LogP) is 4.43. The Hall–Kier alpha value is -3.39. The van der Waals surface area contributed by atoms with Gasteiger partial charge in [0.1, 0.15) is 11.3 Å². The summed E-state index contributed by atoms with van der Waals surface area (Å²) in [4.78, 5) is 16.7. The molecule has 162 valence electrons. The molecule has 0 aliphatic carbocycles. The van der Waals surface area contributed by atoms with Crippen LogP contribution in [-0.2, 0) is 10.0 Å². The average Bonchev–Trinajstić information content (AvgIpc) is 2.74. The first-order valence-corrected chi connectivity index (χ1v) is 11.4. The van der Waals surface area contributed by atoms with Crippen molar-refractivity contribution in [2.45, 2.75) is 32.1 Å². The topological polar surface area (TPSA) is 97.4 Å². The number of nitrogens with zero attached hydrogens (tertiary/aromatic N) is 1. The summed E-state index contributed by atoms with van der Waals surface area (Å²) in [6.45, 7) is 6.10. The molecule has 0 atom stereocenters. The molecule has 31 heavy (non-hydrogen) atoms. The summed E-state index contributed by atoms with van der Waals surface area (Å²) in [6, 6.07) is 15.1. The van der Waals surface area contributed by atoms with Gasteiger partial charge in [-0.3, -0.25) is 9.52 Å². The normalized spacial score (nSPS) is 11.1. The highest BCUT2D eigenvalue weighted by atomic mass is 32.2. The highest BCUT2D eigenvalue weighted by Gasteiger charge is 2.18. The Kier molecular flexibility index (Phi) is 6.91. The van der Waals surface area contributed by atoms with E-state index in [0.717, 1.165) is 12.0 Å². The van der Waals surface area contributed by atoms with Gasteiger partial charge in [-0.05, 0) is 61.7 Å². The molecule has 0 saturated heterocycles. The second-order valence-electron chi connectivity index (χ2n) is 7.12. The Bertz CT molecular complexity index is 1190. The van der Waals surface area contributed by atoms with Crippen LogP contribution in [0.15, 0.2) is 65.7 Å². The third-order valence-electron chi connectivity index (χ3n) is 4.49. The van der Waals surface area contributed by atoms with Gasteiger partial charge in [-0.2, -0.15) is 0 Å². The van der Waals surface area contributed by atoms with Crippen LogP contribution < -0.4 is 14.8 Å². The third kappa shape index (κ3) is 5.61. The lowest BCUT2D eigenvalue weighted by Gasteiger charge is -2.13. The molecule has 0 aliphatic heterocycles. The number of hydrogen-bond acceptors (Lipinski definition) is 5. The minimum atomic E-state index is -3.77. The van der Waals surface area contributed by atoms with Gasteiger partial charge in [0, 0.05) is 18.8 Å². The zero-order valence-electron chi connectivity index (χ0n) is 17.7. The zero-order valence-corrected chi connectivity index (χ0v) is 18.5. The Morgan fingerprint density at radius 1 is 1.06 bits per heavy atom. The fourth-order valence-electron chi connectivity index (χ4n) is 2.92. The molecule has 0 aliphatic rings. The van der Waals surface area contributed by atoms with Gasteiger partial charge >= 0.3 is 0 Å². The molecule has 8 heteroatoms. The first-order chi connectivity index (χ1) is 14.8. The zero-order chi connectivity index (χ0) is 22.4. The molecule has 0 unspecified atom stereocenters. The number of ether oxygens (including phenoxy) is 1. The van der Waals surface area contributed by atoms with Gasteiger partial charge < -0.3 is 10.1 Å². The summed E-state index contributed by atoms with van der Waals surface area (Å²) in [5, 5.41) is 2.79. The van der Waals surface area contributed by atoms with E-state index in [2.05, 4.69) is 15.0 Å². The quantitative estimate of drug-likeness (QED) is 0.541. The smallest absolute Gasteiger partial charge is 0.262 e. The number of pyridine rings is 1. The molecule has 1 heterocycles. The minimum Gasteiger partial charge on any atom is -0.438 e. The van der Waals surface area contributed by atoms with Crippen LogP contribution in [0.3, 0.4) is 0 Å². The molecule has 0 fully saturated rings. The lowest BCUT2D eigenvalue weighted by Crippen LogP contribution is -2.24. The summed E-state index contributed by atoms with van der Waals surface area (Å²) < 4.78 is 34.1. The van der Waals surface area contributed by atoms with Crippen molar-refractivity contribution in [1.82, 2.24) is 10.3 Å². The van der Waals surface area contributed by atoms with E-state index in [4.69, 9.17) is 4.74 Å². The molecule has 2 aromatic carbocycles. The maximum atomic E-state index is 12.9. The Morgan fingerprint density at radius 2 is 1.87 bits per heavy atom. The van der Waals surface area contributed by atoms with Crippen LogP contribution in [0.2, 0.25) is 0 Å². The number of sulfonamides is 1. The third-order valence-corrected chi connectivity index (χ3v) is 6.01. The summed E-state index contributed by atoms with van der Waals surface area (Å²) in [7, 11) is -3.77. The molecule has 0 radical (unpaired) electrons. The van der Waals surface area contributed by atoms with E-state index >= 15 is 0 Å². The highest BCUT2D eigenvalue weighted by Crippen LogP contribution is 2.27. The number of hydrogen-bond donors (Lipinski definition) is 2. The number of aryl methyl sites for hydroxylation is 2. The van der Waals surface area contributed by atoms with Gasteiger partial charge in [0.25, 0.3) is 15.9 Å². The van der Waals surface area contributed by atoms with Crippen LogP contribution in [-0.4, -0.2) is 25.9 Å². The van der Waals surface area contributed by atoms with Crippen LogP contribution in [0, 0.1) is 13.8 Å². The molecular weight excluding hydrogens is 414 g/mol. The number of nitrogens with one attached hydrogen (secondary N) is 2. The first kappa shape index (κ1) is 22.3. The van der Waals surface area contributed by atoms with Crippen LogP contribution in [0.25, 0.3) is 0 Å². The number of anilines is 1. The van der Waals surface area contributed by atoms with Gasteiger partial charge in [0.2, 0.25) is 5.88 Å². The van der Waals surface area contributed by atoms with Crippen molar-refractivity contribution in [2.24, 2.45) is 0 Å². The SMILES string of the molecule is CCCNC(=O)c1cccnc1Oc1cccc(NS(=O)(=O)c2cc(C)ccc2C)c1. The van der Waals surface area contributed by atoms with E-state index in [1.165, 1.54) is 6.20 Å². The summed E-state index contributed by atoms with van der Waals surface area (Å²) in [6.07, 6.45) is 2.34. The fraction of sp³-hybridized carbons (Fsp3) is 0.217. The maximum absolute atomic E-state index is 12.9. The van der Waals surface area contributed by atoms with Crippen LogP contribution in [0.5, 0.6) is 11.6 Å². The molecule has 3 rings (SSSR count). The standard InChI is InChI=1S/C23H25N3O4S/c1-4-12-24-22(27)20-9-6-13-25-23(20)30-19-8-5-7-18(15-19)26-31(28,29)21-14-16(2)10-11-17(21)3/h5-11,13-15,26H,4,12H2,1-3H3,(H,24,27). The Labute approximate surface area is 182 Å². The van der Waals surface area contributed by atoms with Crippen molar-refractivity contribution in [3.63, 3.8) is 0 Å². The fourth-order valence-corrected chi connectivity index (χ4v) is 4.30. The summed E-state index contributed by atoms with van der Waals surface area (Å²) >= 11 is 0. The first-order valence-electron chi connectivity index (χ1n) is 9.91. The number of carbonyl (C=O) groups excluding carboxylic acids is 1. The van der Waals surface area contributed by atoms with E-state index in [0.29, 0.717) is 29.1 Å². The van der Waals surface area contributed by atoms with Gasteiger partial charge in [-0.15, -0.1) is 0 Å². The summed E-state index contributed by atoms with van der Waals surface area (Å²) in [5.74, 6) is 0.215.